The number of carbonyl (C=O) groups is 1. The predicted octanol–water partition coefficient (Wildman–Crippen LogP) is -2.12. The number of hydrogen-bond acceptors (Lipinski definition) is 12. The molecule has 4 rings (SSSR count). The van der Waals surface area contributed by atoms with E-state index in [1.165, 1.54) is 6.07 Å². The zero-order chi connectivity index (χ0) is 24.0. The predicted molar refractivity (Wildman–Crippen MR) is 103 cm³/mol. The normalized spacial score (nSPS) is 25.1. The highest BCUT2D eigenvalue weighted by molar-refractivity contribution is 5.86. The Morgan fingerprint density at radius 3 is 2.36 bits per heavy atom. The lowest BCUT2D eigenvalue weighted by Crippen LogP contribution is -2.63. The Hall–Kier alpha value is -3.84. The summed E-state index contributed by atoms with van der Waals surface area (Å²) in [5.41, 5.74) is -0.664. The van der Waals surface area contributed by atoms with Gasteiger partial charge in [-0.15, -0.1) is 0 Å². The fourth-order valence-electron chi connectivity index (χ4n) is 3.40. The topological polar surface area (TPSA) is 213 Å². The first kappa shape index (κ1) is 22.4. The number of phenols is 2. The first-order valence-electron chi connectivity index (χ1n) is 9.45. The SMILES string of the molecule is O=C([O-])[C@H]1O[C@@H](Oc2cc(O)c3c(=O)cc(-c4ccc([O-])c(O)c4)oc3c2)[C@H](O)[C@@H](O)[C@@H]1O. The van der Waals surface area contributed by atoms with E-state index in [-0.39, 0.29) is 28.0 Å². The molecule has 0 spiro atoms. The minimum atomic E-state index is -2.01. The number of phenolic OH excluding ortho intramolecular Hbond substituents is 2. The second kappa shape index (κ2) is 8.26. The quantitative estimate of drug-likeness (QED) is 0.283. The minimum Gasteiger partial charge on any atom is -0.870 e. The summed E-state index contributed by atoms with van der Waals surface area (Å²) < 4.78 is 15.9. The third-order valence-electron chi connectivity index (χ3n) is 5.08. The average molecular weight is 460 g/mol. The van der Waals surface area contributed by atoms with E-state index < -0.39 is 59.4 Å². The van der Waals surface area contributed by atoms with Crippen LogP contribution in [0.25, 0.3) is 22.3 Å². The number of aliphatic carboxylic acids is 1. The molecule has 0 radical (unpaired) electrons. The molecule has 0 bridgehead atoms. The van der Waals surface area contributed by atoms with Gasteiger partial charge in [0, 0.05) is 23.8 Å². The number of fused-ring (bicyclic) bond motifs is 1. The summed E-state index contributed by atoms with van der Waals surface area (Å²) in [5.74, 6) is -3.94. The molecule has 1 aliphatic rings. The highest BCUT2D eigenvalue weighted by atomic mass is 16.7. The second-order valence-electron chi connectivity index (χ2n) is 7.31. The first-order valence-corrected chi connectivity index (χ1v) is 9.45. The largest absolute Gasteiger partial charge is 0.870 e. The van der Waals surface area contributed by atoms with Crippen molar-refractivity contribution in [1.29, 1.82) is 0 Å². The van der Waals surface area contributed by atoms with E-state index >= 15 is 0 Å². The lowest BCUT2D eigenvalue weighted by atomic mass is 9.99. The van der Waals surface area contributed by atoms with Crippen LogP contribution in [-0.4, -0.2) is 62.2 Å². The van der Waals surface area contributed by atoms with Crippen molar-refractivity contribution >= 4 is 16.9 Å². The van der Waals surface area contributed by atoms with Crippen molar-refractivity contribution in [3.05, 3.63) is 46.6 Å². The Kier molecular flexibility index (Phi) is 5.59. The van der Waals surface area contributed by atoms with E-state index in [2.05, 4.69) is 0 Å². The van der Waals surface area contributed by atoms with Crippen LogP contribution in [0.2, 0.25) is 0 Å². The van der Waals surface area contributed by atoms with Gasteiger partial charge in [0.05, 0.1) is 5.97 Å². The van der Waals surface area contributed by atoms with Gasteiger partial charge in [-0.05, 0) is 6.07 Å². The molecule has 2 heterocycles. The fraction of sp³-hybridized carbons (Fsp3) is 0.238. The lowest BCUT2D eigenvalue weighted by molar-refractivity contribution is -0.342. The Bertz CT molecular complexity index is 1280. The molecule has 1 aromatic heterocycles. The van der Waals surface area contributed by atoms with Crippen molar-refractivity contribution in [1.82, 2.24) is 0 Å². The molecule has 1 fully saturated rings. The van der Waals surface area contributed by atoms with Crippen LogP contribution in [0.3, 0.4) is 0 Å². The summed E-state index contributed by atoms with van der Waals surface area (Å²) >= 11 is 0. The number of aliphatic hydroxyl groups excluding tert-OH is 3. The van der Waals surface area contributed by atoms with Crippen molar-refractivity contribution in [3.63, 3.8) is 0 Å². The van der Waals surface area contributed by atoms with E-state index in [4.69, 9.17) is 13.9 Å². The van der Waals surface area contributed by atoms with Crippen molar-refractivity contribution in [2.45, 2.75) is 30.7 Å². The number of carbonyl (C=O) groups excluding carboxylic acids is 1. The average Bonchev–Trinajstić information content (AvgIpc) is 2.75. The van der Waals surface area contributed by atoms with Gasteiger partial charge in [-0.2, -0.15) is 0 Å². The van der Waals surface area contributed by atoms with Gasteiger partial charge in [0.25, 0.3) is 0 Å². The number of aliphatic hydroxyl groups is 3. The molecule has 0 unspecified atom stereocenters. The van der Waals surface area contributed by atoms with Crippen LogP contribution in [0, 0.1) is 0 Å². The zero-order valence-electron chi connectivity index (χ0n) is 16.4. The molecule has 3 aromatic rings. The van der Waals surface area contributed by atoms with E-state index in [9.17, 15) is 45.3 Å². The maximum atomic E-state index is 12.5. The third kappa shape index (κ3) is 4.03. The molecule has 0 saturated carbocycles. The molecule has 2 aromatic carbocycles. The molecule has 12 nitrogen and oxygen atoms in total. The number of carboxylic acid groups (broad SMARTS) is 1. The Morgan fingerprint density at radius 2 is 1.70 bits per heavy atom. The van der Waals surface area contributed by atoms with Gasteiger partial charge in [-0.1, -0.05) is 17.9 Å². The first-order chi connectivity index (χ1) is 15.6. The molecule has 1 saturated heterocycles. The summed E-state index contributed by atoms with van der Waals surface area (Å²) in [6.07, 6.45) is -9.60. The van der Waals surface area contributed by atoms with Crippen LogP contribution in [0.5, 0.6) is 23.0 Å². The Labute approximate surface area is 183 Å². The molecular formula is C21H16O12-2. The van der Waals surface area contributed by atoms with E-state index in [1.807, 2.05) is 0 Å². The van der Waals surface area contributed by atoms with E-state index in [0.29, 0.717) is 0 Å². The smallest absolute Gasteiger partial charge is 0.229 e. The fourth-order valence-corrected chi connectivity index (χ4v) is 3.40. The minimum absolute atomic E-state index is 0.0520. The maximum Gasteiger partial charge on any atom is 0.229 e. The second-order valence-corrected chi connectivity index (χ2v) is 7.31. The van der Waals surface area contributed by atoms with Crippen LogP contribution in [0.15, 0.2) is 45.6 Å². The highest BCUT2D eigenvalue weighted by Gasteiger charge is 2.45. The highest BCUT2D eigenvalue weighted by Crippen LogP contribution is 2.34. The van der Waals surface area contributed by atoms with Gasteiger partial charge < -0.3 is 54.4 Å². The van der Waals surface area contributed by atoms with Crippen molar-refractivity contribution < 1.29 is 54.4 Å². The Balaban J connectivity index is 1.72. The molecule has 5 N–H and O–H groups in total. The van der Waals surface area contributed by atoms with E-state index in [0.717, 1.165) is 30.3 Å². The van der Waals surface area contributed by atoms with Crippen LogP contribution in [-0.2, 0) is 9.53 Å². The number of benzene rings is 2. The standard InChI is InChI=1S/C21H18O12/c22-9-2-1-7(3-10(9)23)13-6-12(25)15-11(24)4-8(5-14(15)32-13)31-21-18(28)16(26)17(27)19(33-21)20(29)30/h1-6,16-19,21-24,26-28H,(H,29,30)/p-2/t16-,17-,18+,19-,21+/m0/s1. The van der Waals surface area contributed by atoms with Crippen LogP contribution < -0.4 is 20.4 Å². The molecule has 12 heteroatoms. The molecule has 0 amide bonds. The molecule has 5 atom stereocenters. The number of rotatable bonds is 4. The summed E-state index contributed by atoms with van der Waals surface area (Å²) in [4.78, 5) is 23.6. The van der Waals surface area contributed by atoms with Crippen molar-refractivity contribution in [2.75, 3.05) is 0 Å². The summed E-state index contributed by atoms with van der Waals surface area (Å²) in [6, 6.07) is 6.61. The van der Waals surface area contributed by atoms with Crippen LogP contribution >= 0.6 is 0 Å². The molecular weight excluding hydrogens is 444 g/mol. The number of ether oxygens (including phenoxy) is 2. The number of carboxylic acids is 1. The Morgan fingerprint density at radius 1 is 0.970 bits per heavy atom. The molecule has 33 heavy (non-hydrogen) atoms. The van der Waals surface area contributed by atoms with Crippen molar-refractivity contribution in [3.8, 4) is 34.3 Å². The van der Waals surface area contributed by atoms with Gasteiger partial charge in [0.2, 0.25) is 6.29 Å². The summed E-state index contributed by atoms with van der Waals surface area (Å²) in [6.45, 7) is 0. The van der Waals surface area contributed by atoms with E-state index in [1.54, 1.807) is 0 Å². The zero-order valence-corrected chi connectivity index (χ0v) is 16.4. The van der Waals surface area contributed by atoms with Gasteiger partial charge in [-0.25, -0.2) is 0 Å². The monoisotopic (exact) mass is 460 g/mol. The molecule has 174 valence electrons. The van der Waals surface area contributed by atoms with Gasteiger partial charge in [0.15, 0.2) is 5.43 Å². The van der Waals surface area contributed by atoms with Gasteiger partial charge in [-0.3, -0.25) is 4.79 Å². The van der Waals surface area contributed by atoms with Gasteiger partial charge in [0.1, 0.15) is 58.4 Å². The van der Waals surface area contributed by atoms with Crippen molar-refractivity contribution in [2.24, 2.45) is 0 Å². The van der Waals surface area contributed by atoms with Crippen LogP contribution in [0.1, 0.15) is 0 Å². The molecule has 1 aliphatic heterocycles. The van der Waals surface area contributed by atoms with Gasteiger partial charge >= 0.3 is 0 Å². The molecule has 0 aliphatic carbocycles. The summed E-state index contributed by atoms with van der Waals surface area (Å²) in [7, 11) is 0. The number of hydrogen-bond donors (Lipinski definition) is 5. The van der Waals surface area contributed by atoms with Crippen LogP contribution in [0.4, 0.5) is 0 Å². The summed E-state index contributed by atoms with van der Waals surface area (Å²) in [5, 5.41) is 71.9. The lowest BCUT2D eigenvalue weighted by Gasteiger charge is -2.40. The third-order valence-corrected chi connectivity index (χ3v) is 5.08. The number of aromatic hydroxyl groups is 2. The maximum absolute atomic E-state index is 12.5.